The van der Waals surface area contributed by atoms with Gasteiger partial charge in [-0.3, -0.25) is 9.59 Å². The number of benzene rings is 2. The summed E-state index contributed by atoms with van der Waals surface area (Å²) in [7, 11) is -3.18. The monoisotopic (exact) mass is 470 g/mol. The van der Waals surface area contributed by atoms with Crippen LogP contribution < -0.4 is 0 Å². The van der Waals surface area contributed by atoms with Crippen molar-refractivity contribution in [3.8, 4) is 11.1 Å². The van der Waals surface area contributed by atoms with E-state index in [2.05, 4.69) is 0 Å². The molecule has 1 aliphatic heterocycles. The zero-order chi connectivity index (χ0) is 23.8. The maximum absolute atomic E-state index is 12.9. The van der Waals surface area contributed by atoms with Crippen LogP contribution in [0.4, 0.5) is 0 Å². The van der Waals surface area contributed by atoms with Crippen molar-refractivity contribution in [2.45, 2.75) is 43.3 Å². The molecule has 1 aliphatic carbocycles. The molecule has 7 nitrogen and oxygen atoms in total. The van der Waals surface area contributed by atoms with Crippen LogP contribution in [0.5, 0.6) is 0 Å². The van der Waals surface area contributed by atoms with Gasteiger partial charge in [0.2, 0.25) is 0 Å². The van der Waals surface area contributed by atoms with E-state index in [0.29, 0.717) is 44.6 Å². The number of sulfone groups is 1. The summed E-state index contributed by atoms with van der Waals surface area (Å²) in [5.41, 5.74) is 1.94. The van der Waals surface area contributed by atoms with E-state index in [0.717, 1.165) is 16.7 Å². The molecular formula is C25H30N2O5S. The first kappa shape index (κ1) is 23.4. The molecule has 2 amide bonds. The van der Waals surface area contributed by atoms with Gasteiger partial charge in [-0.2, -0.15) is 0 Å². The minimum Gasteiger partial charge on any atom is -0.380 e. The van der Waals surface area contributed by atoms with Crippen LogP contribution in [0.25, 0.3) is 11.1 Å². The van der Waals surface area contributed by atoms with E-state index in [-0.39, 0.29) is 17.6 Å². The van der Waals surface area contributed by atoms with Gasteiger partial charge in [0.1, 0.15) is 5.60 Å². The van der Waals surface area contributed by atoms with Crippen LogP contribution in [0.15, 0.2) is 48.5 Å². The van der Waals surface area contributed by atoms with Crippen LogP contribution in [-0.4, -0.2) is 72.2 Å². The van der Waals surface area contributed by atoms with Crippen LogP contribution >= 0.6 is 0 Å². The molecule has 176 valence electrons. The largest absolute Gasteiger partial charge is 0.380 e. The number of carbonyl (C=O) groups is 2. The number of amides is 2. The molecule has 8 heteroatoms. The Bertz CT molecular complexity index is 1150. The molecule has 0 unspecified atom stereocenters. The van der Waals surface area contributed by atoms with Crippen molar-refractivity contribution in [3.05, 3.63) is 59.7 Å². The van der Waals surface area contributed by atoms with Crippen LogP contribution in [0.2, 0.25) is 0 Å². The lowest BCUT2D eigenvalue weighted by Crippen LogP contribution is -2.53. The van der Waals surface area contributed by atoms with Crippen LogP contribution in [0, 0.1) is 0 Å². The second-order valence-corrected chi connectivity index (χ2v) is 11.8. The Morgan fingerprint density at radius 3 is 2.12 bits per heavy atom. The van der Waals surface area contributed by atoms with Crippen LogP contribution in [0.1, 0.15) is 42.6 Å². The third kappa shape index (κ3) is 5.12. The van der Waals surface area contributed by atoms with Gasteiger partial charge in [0, 0.05) is 31.7 Å². The quantitative estimate of drug-likeness (QED) is 0.700. The highest BCUT2D eigenvalue weighted by Gasteiger charge is 2.50. The standard InChI is InChI=1S/C25H30N2O5S/c1-18(2)33(31,32)17-19-4-3-5-22(16-19)20-6-8-21(9-7-20)23(28)26-12-14-27(15-13-26)24(29)25(30)10-11-25/h3-9,16,18,30H,10-15,17H2,1-2H3. The van der Waals surface area contributed by atoms with E-state index in [1.807, 2.05) is 36.4 Å². The van der Waals surface area contributed by atoms with Crippen molar-refractivity contribution in [2.75, 3.05) is 26.2 Å². The molecule has 4 rings (SSSR count). The van der Waals surface area contributed by atoms with Gasteiger partial charge in [-0.25, -0.2) is 8.42 Å². The minimum absolute atomic E-state index is 0.000950. The van der Waals surface area contributed by atoms with E-state index in [4.69, 9.17) is 0 Å². The van der Waals surface area contributed by atoms with Crippen molar-refractivity contribution in [1.82, 2.24) is 9.80 Å². The molecule has 0 radical (unpaired) electrons. The Morgan fingerprint density at radius 1 is 0.939 bits per heavy atom. The first-order chi connectivity index (χ1) is 15.6. The first-order valence-electron chi connectivity index (χ1n) is 11.3. The van der Waals surface area contributed by atoms with Crippen molar-refractivity contribution >= 4 is 21.7 Å². The van der Waals surface area contributed by atoms with E-state index in [1.54, 1.807) is 35.8 Å². The molecule has 1 saturated carbocycles. The molecule has 2 aromatic rings. The Hall–Kier alpha value is -2.71. The predicted molar refractivity (Wildman–Crippen MR) is 126 cm³/mol. The highest BCUT2D eigenvalue weighted by molar-refractivity contribution is 7.91. The van der Waals surface area contributed by atoms with Gasteiger partial charge in [0.15, 0.2) is 9.84 Å². The van der Waals surface area contributed by atoms with Gasteiger partial charge in [0.25, 0.3) is 11.8 Å². The van der Waals surface area contributed by atoms with Gasteiger partial charge in [-0.1, -0.05) is 36.4 Å². The molecular weight excluding hydrogens is 440 g/mol. The second-order valence-electron chi connectivity index (χ2n) is 9.25. The molecule has 0 spiro atoms. The fourth-order valence-electron chi connectivity index (χ4n) is 3.97. The number of rotatable bonds is 6. The highest BCUT2D eigenvalue weighted by atomic mass is 32.2. The molecule has 1 heterocycles. The number of hydrogen-bond acceptors (Lipinski definition) is 5. The smallest absolute Gasteiger partial charge is 0.254 e. The normalized spacial score (nSPS) is 17.8. The van der Waals surface area contributed by atoms with Crippen molar-refractivity contribution < 1.29 is 23.1 Å². The maximum Gasteiger partial charge on any atom is 0.254 e. The highest BCUT2D eigenvalue weighted by Crippen LogP contribution is 2.37. The molecule has 1 N–H and O–H groups in total. The fourth-order valence-corrected chi connectivity index (χ4v) is 4.94. The topological polar surface area (TPSA) is 95.0 Å². The number of hydrogen-bond donors (Lipinski definition) is 1. The molecule has 1 saturated heterocycles. The molecule has 33 heavy (non-hydrogen) atoms. The predicted octanol–water partition coefficient (Wildman–Crippen LogP) is 2.49. The zero-order valence-corrected chi connectivity index (χ0v) is 19.8. The molecule has 0 atom stereocenters. The third-order valence-electron chi connectivity index (χ3n) is 6.45. The van der Waals surface area contributed by atoms with E-state index >= 15 is 0 Å². The van der Waals surface area contributed by atoms with Crippen molar-refractivity contribution in [1.29, 1.82) is 0 Å². The van der Waals surface area contributed by atoms with Crippen molar-refractivity contribution in [3.63, 3.8) is 0 Å². The Kier molecular flexibility index (Phi) is 6.33. The summed E-state index contributed by atoms with van der Waals surface area (Å²) in [5.74, 6) is -0.307. The molecule has 0 bridgehead atoms. The number of carbonyl (C=O) groups excluding carboxylic acids is 2. The fraction of sp³-hybridized carbons (Fsp3) is 0.440. The minimum atomic E-state index is -3.18. The lowest BCUT2D eigenvalue weighted by atomic mass is 10.0. The molecule has 2 fully saturated rings. The number of piperazine rings is 1. The SMILES string of the molecule is CC(C)S(=O)(=O)Cc1cccc(-c2ccc(C(=O)N3CCN(C(=O)C4(O)CC4)CC3)cc2)c1. The third-order valence-corrected chi connectivity index (χ3v) is 8.63. The van der Waals surface area contributed by atoms with E-state index in [9.17, 15) is 23.1 Å². The first-order valence-corrected chi connectivity index (χ1v) is 13.0. The van der Waals surface area contributed by atoms with Crippen LogP contribution in [-0.2, 0) is 20.4 Å². The zero-order valence-electron chi connectivity index (χ0n) is 19.0. The Balaban J connectivity index is 1.40. The summed E-state index contributed by atoms with van der Waals surface area (Å²) < 4.78 is 24.5. The second kappa shape index (κ2) is 8.91. The molecule has 2 aromatic carbocycles. The Labute approximate surface area is 194 Å². The summed E-state index contributed by atoms with van der Waals surface area (Å²) in [5, 5.41) is 9.59. The summed E-state index contributed by atoms with van der Waals surface area (Å²) >= 11 is 0. The van der Waals surface area contributed by atoms with Gasteiger partial charge in [0.05, 0.1) is 11.0 Å². The molecule has 0 aromatic heterocycles. The molecule has 2 aliphatic rings. The van der Waals surface area contributed by atoms with Crippen molar-refractivity contribution in [2.24, 2.45) is 0 Å². The lowest BCUT2D eigenvalue weighted by molar-refractivity contribution is -0.143. The average Bonchev–Trinajstić information content (AvgIpc) is 3.56. The van der Waals surface area contributed by atoms with Gasteiger partial charge >= 0.3 is 0 Å². The van der Waals surface area contributed by atoms with Crippen LogP contribution in [0.3, 0.4) is 0 Å². The lowest BCUT2D eigenvalue weighted by Gasteiger charge is -2.35. The van der Waals surface area contributed by atoms with E-state index < -0.39 is 20.7 Å². The summed E-state index contributed by atoms with van der Waals surface area (Å²) in [6, 6.07) is 14.7. The summed E-state index contributed by atoms with van der Waals surface area (Å²) in [4.78, 5) is 28.6. The number of nitrogens with zero attached hydrogens (tertiary/aromatic N) is 2. The Morgan fingerprint density at radius 2 is 1.55 bits per heavy atom. The summed E-state index contributed by atoms with van der Waals surface area (Å²) in [6.07, 6.45) is 1.04. The number of aliphatic hydroxyl groups is 1. The average molecular weight is 471 g/mol. The van der Waals surface area contributed by atoms with E-state index in [1.165, 1.54) is 0 Å². The summed E-state index contributed by atoms with van der Waals surface area (Å²) in [6.45, 7) is 5.10. The van der Waals surface area contributed by atoms with Gasteiger partial charge < -0.3 is 14.9 Å². The van der Waals surface area contributed by atoms with Gasteiger partial charge in [-0.15, -0.1) is 0 Å². The van der Waals surface area contributed by atoms with Gasteiger partial charge in [-0.05, 0) is 55.5 Å². The maximum atomic E-state index is 12.9.